The minimum Gasteiger partial charge on any atom is -0.454 e. The fraction of sp³-hybridized carbons (Fsp3) is 0.263. The summed E-state index contributed by atoms with van der Waals surface area (Å²) in [6.45, 7) is 1.32. The molecule has 0 radical (unpaired) electrons. The molecule has 7 heteroatoms. The highest BCUT2D eigenvalue weighted by atomic mass is 32.1. The largest absolute Gasteiger partial charge is 0.454 e. The summed E-state index contributed by atoms with van der Waals surface area (Å²) in [7, 11) is 1.78. The normalized spacial score (nSPS) is 12.3. The van der Waals surface area contributed by atoms with E-state index in [0.29, 0.717) is 13.1 Å². The lowest BCUT2D eigenvalue weighted by Gasteiger charge is -2.16. The highest BCUT2D eigenvalue weighted by molar-refractivity contribution is 7.18. The Labute approximate surface area is 155 Å². The molecular weight excluding hydrogens is 350 g/mol. The van der Waals surface area contributed by atoms with Crippen molar-refractivity contribution in [3.05, 3.63) is 53.0 Å². The monoisotopic (exact) mass is 369 g/mol. The number of thiazole rings is 1. The molecule has 134 valence electrons. The Bertz CT molecular complexity index is 908. The molecule has 1 aliphatic heterocycles. The van der Waals surface area contributed by atoms with Gasteiger partial charge in [-0.25, -0.2) is 9.78 Å². The molecule has 2 heterocycles. The number of ether oxygens (including phenoxy) is 2. The molecule has 0 fully saturated rings. The molecule has 0 bridgehead atoms. The molecule has 0 aliphatic carbocycles. The first kappa shape index (κ1) is 16.7. The number of urea groups is 1. The van der Waals surface area contributed by atoms with E-state index in [9.17, 15) is 4.79 Å². The third-order valence-electron chi connectivity index (χ3n) is 4.18. The summed E-state index contributed by atoms with van der Waals surface area (Å²) in [5, 5.41) is 3.87. The smallest absolute Gasteiger partial charge is 0.317 e. The number of aromatic nitrogens is 1. The minimum absolute atomic E-state index is 0.106. The summed E-state index contributed by atoms with van der Waals surface area (Å²) in [6.07, 6.45) is 0.733. The van der Waals surface area contributed by atoms with Gasteiger partial charge in [-0.1, -0.05) is 18.2 Å². The van der Waals surface area contributed by atoms with Gasteiger partial charge in [-0.05, 0) is 36.2 Å². The second kappa shape index (κ2) is 7.21. The Hall–Kier alpha value is -2.80. The molecule has 0 spiro atoms. The van der Waals surface area contributed by atoms with Crippen LogP contribution in [0.2, 0.25) is 0 Å². The van der Waals surface area contributed by atoms with E-state index < -0.39 is 0 Å². The Morgan fingerprint density at radius 2 is 2.08 bits per heavy atom. The van der Waals surface area contributed by atoms with Crippen molar-refractivity contribution in [3.8, 4) is 11.5 Å². The summed E-state index contributed by atoms with van der Waals surface area (Å²) in [5.41, 5.74) is 2.08. The summed E-state index contributed by atoms with van der Waals surface area (Å²) >= 11 is 1.62. The Balaban J connectivity index is 1.28. The van der Waals surface area contributed by atoms with Crippen LogP contribution in [0.1, 0.15) is 10.6 Å². The average Bonchev–Trinajstić information content (AvgIpc) is 3.26. The first-order valence-electron chi connectivity index (χ1n) is 8.41. The number of para-hydroxylation sites is 1. The second-order valence-corrected chi connectivity index (χ2v) is 7.22. The van der Waals surface area contributed by atoms with Gasteiger partial charge in [0, 0.05) is 13.6 Å². The van der Waals surface area contributed by atoms with Crippen molar-refractivity contribution in [3.63, 3.8) is 0 Å². The van der Waals surface area contributed by atoms with Gasteiger partial charge >= 0.3 is 6.03 Å². The van der Waals surface area contributed by atoms with Gasteiger partial charge in [0.05, 0.1) is 16.8 Å². The van der Waals surface area contributed by atoms with Gasteiger partial charge < -0.3 is 19.7 Å². The van der Waals surface area contributed by atoms with Crippen LogP contribution in [0.5, 0.6) is 11.5 Å². The molecule has 1 aliphatic rings. The number of hydrogen-bond acceptors (Lipinski definition) is 5. The predicted molar refractivity (Wildman–Crippen MR) is 101 cm³/mol. The van der Waals surface area contributed by atoms with E-state index in [2.05, 4.69) is 10.3 Å². The number of hydrogen-bond donors (Lipinski definition) is 1. The first-order chi connectivity index (χ1) is 12.7. The number of amides is 2. The van der Waals surface area contributed by atoms with E-state index in [1.165, 1.54) is 0 Å². The lowest BCUT2D eigenvalue weighted by molar-refractivity contribution is 0.174. The van der Waals surface area contributed by atoms with Crippen molar-refractivity contribution >= 4 is 27.6 Å². The van der Waals surface area contributed by atoms with Crippen molar-refractivity contribution in [2.75, 3.05) is 20.4 Å². The highest BCUT2D eigenvalue weighted by Crippen LogP contribution is 2.32. The third kappa shape index (κ3) is 3.57. The van der Waals surface area contributed by atoms with Gasteiger partial charge in [-0.15, -0.1) is 11.3 Å². The molecule has 4 rings (SSSR count). The molecular formula is C19H19N3O3S. The first-order valence-corrected chi connectivity index (χ1v) is 9.22. The second-order valence-electron chi connectivity index (χ2n) is 6.10. The van der Waals surface area contributed by atoms with E-state index >= 15 is 0 Å². The Kier molecular flexibility index (Phi) is 4.62. The maximum Gasteiger partial charge on any atom is 0.317 e. The van der Waals surface area contributed by atoms with Crippen molar-refractivity contribution in [1.29, 1.82) is 0 Å². The lowest BCUT2D eigenvalue weighted by atomic mass is 10.1. The van der Waals surface area contributed by atoms with E-state index in [1.807, 2.05) is 42.5 Å². The van der Waals surface area contributed by atoms with Gasteiger partial charge in [0.15, 0.2) is 11.5 Å². The van der Waals surface area contributed by atoms with Crippen LogP contribution in [0.25, 0.3) is 10.2 Å². The number of rotatable bonds is 5. The molecule has 6 nitrogen and oxygen atoms in total. The van der Waals surface area contributed by atoms with E-state index in [0.717, 1.165) is 38.7 Å². The minimum atomic E-state index is -0.106. The van der Waals surface area contributed by atoms with Gasteiger partial charge in [-0.2, -0.15) is 0 Å². The van der Waals surface area contributed by atoms with Crippen LogP contribution in [-0.4, -0.2) is 36.3 Å². The predicted octanol–water partition coefficient (Wildman–Crippen LogP) is 3.41. The molecule has 2 aromatic carbocycles. The van der Waals surface area contributed by atoms with Crippen LogP contribution in [0.4, 0.5) is 4.79 Å². The van der Waals surface area contributed by atoms with Crippen LogP contribution in [0.3, 0.4) is 0 Å². The van der Waals surface area contributed by atoms with E-state index in [-0.39, 0.29) is 12.8 Å². The number of nitrogens with one attached hydrogen (secondary N) is 1. The summed E-state index contributed by atoms with van der Waals surface area (Å²) in [5.74, 6) is 1.54. The fourth-order valence-electron chi connectivity index (χ4n) is 2.81. The zero-order valence-corrected chi connectivity index (χ0v) is 15.2. The molecule has 3 aromatic rings. The zero-order chi connectivity index (χ0) is 17.9. The summed E-state index contributed by atoms with van der Waals surface area (Å²) < 4.78 is 11.8. The Morgan fingerprint density at radius 3 is 2.96 bits per heavy atom. The molecule has 1 aromatic heterocycles. The molecule has 1 N–H and O–H groups in total. The molecule has 0 atom stereocenters. The van der Waals surface area contributed by atoms with Gasteiger partial charge in [0.1, 0.15) is 5.01 Å². The van der Waals surface area contributed by atoms with Gasteiger partial charge in [-0.3, -0.25) is 0 Å². The molecule has 26 heavy (non-hydrogen) atoms. The Morgan fingerprint density at radius 1 is 1.23 bits per heavy atom. The summed E-state index contributed by atoms with van der Waals surface area (Å²) in [4.78, 5) is 18.5. The number of carbonyl (C=O) groups is 1. The van der Waals surface area contributed by atoms with Crippen molar-refractivity contribution < 1.29 is 14.3 Å². The molecule has 2 amide bonds. The highest BCUT2D eigenvalue weighted by Gasteiger charge is 2.14. The van der Waals surface area contributed by atoms with Crippen LogP contribution < -0.4 is 14.8 Å². The van der Waals surface area contributed by atoms with Crippen molar-refractivity contribution in [2.45, 2.75) is 13.0 Å². The zero-order valence-electron chi connectivity index (χ0n) is 14.4. The van der Waals surface area contributed by atoms with Crippen molar-refractivity contribution in [1.82, 2.24) is 15.2 Å². The number of benzene rings is 2. The quantitative estimate of drug-likeness (QED) is 0.749. The number of fused-ring (bicyclic) bond motifs is 2. The third-order valence-corrected chi connectivity index (χ3v) is 5.21. The standard InChI is InChI=1S/C19H19N3O3S/c1-22(11-18-21-14-4-2-3-5-17(14)26-18)19(23)20-9-8-13-6-7-15-16(10-13)25-12-24-15/h2-7,10H,8-9,11-12H2,1H3,(H,20,23). The maximum absolute atomic E-state index is 12.3. The lowest BCUT2D eigenvalue weighted by Crippen LogP contribution is -2.37. The number of nitrogens with zero attached hydrogens (tertiary/aromatic N) is 2. The molecule has 0 saturated heterocycles. The maximum atomic E-state index is 12.3. The SMILES string of the molecule is CN(Cc1nc2ccccc2s1)C(=O)NCCc1ccc2c(c1)OCO2. The van der Waals surface area contributed by atoms with Crippen LogP contribution in [-0.2, 0) is 13.0 Å². The average molecular weight is 369 g/mol. The van der Waals surface area contributed by atoms with E-state index in [1.54, 1.807) is 23.3 Å². The fourth-order valence-corrected chi connectivity index (χ4v) is 3.83. The van der Waals surface area contributed by atoms with Crippen LogP contribution >= 0.6 is 11.3 Å². The molecule has 0 unspecified atom stereocenters. The van der Waals surface area contributed by atoms with Crippen LogP contribution in [0, 0.1) is 0 Å². The summed E-state index contributed by atoms with van der Waals surface area (Å²) in [6, 6.07) is 13.7. The van der Waals surface area contributed by atoms with Gasteiger partial charge in [0.25, 0.3) is 0 Å². The van der Waals surface area contributed by atoms with Gasteiger partial charge in [0.2, 0.25) is 6.79 Å². The number of carbonyl (C=O) groups excluding carboxylic acids is 1. The van der Waals surface area contributed by atoms with Crippen molar-refractivity contribution in [2.24, 2.45) is 0 Å². The van der Waals surface area contributed by atoms with Crippen LogP contribution in [0.15, 0.2) is 42.5 Å². The van der Waals surface area contributed by atoms with E-state index in [4.69, 9.17) is 9.47 Å². The topological polar surface area (TPSA) is 63.7 Å². The molecule has 0 saturated carbocycles.